The lowest BCUT2D eigenvalue weighted by molar-refractivity contribution is 0.472. The average Bonchev–Trinajstić information content (AvgIpc) is 1.33. The third-order valence-electron chi connectivity index (χ3n) is 20.9. The van der Waals surface area contributed by atoms with Gasteiger partial charge in [0.15, 0.2) is 0 Å². The first-order valence-electron chi connectivity index (χ1n) is 33.8. The van der Waals surface area contributed by atoms with E-state index in [9.17, 15) is 0 Å². The van der Waals surface area contributed by atoms with Crippen LogP contribution in [0.2, 0.25) is 0 Å². The fourth-order valence-electron chi connectivity index (χ4n) is 15.4. The van der Waals surface area contributed by atoms with Gasteiger partial charge in [-0.05, 0) is 137 Å². The lowest BCUT2D eigenvalue weighted by Gasteiger charge is -2.41. The Labute approximate surface area is 552 Å². The molecule has 0 saturated carbocycles. The zero-order chi connectivity index (χ0) is 65.1. The maximum absolute atomic E-state index is 7.92. The van der Waals surface area contributed by atoms with Gasteiger partial charge < -0.3 is 18.6 Å². The van der Waals surface area contributed by atoms with E-state index < -0.39 is 0 Å². The highest BCUT2D eigenvalue weighted by Crippen LogP contribution is 2.49. The molecular weight excluding hydrogens is 1150 g/mol. The summed E-state index contributed by atoms with van der Waals surface area (Å²) in [5.74, 6) is 3.77. The number of fused-ring (bicyclic) bond motifs is 16. The molecule has 0 bridgehead atoms. The summed E-state index contributed by atoms with van der Waals surface area (Å²) in [6.07, 6.45) is 0. The minimum absolute atomic E-state index is 0.00278. The van der Waals surface area contributed by atoms with Gasteiger partial charge in [0.1, 0.15) is 45.1 Å². The van der Waals surface area contributed by atoms with Gasteiger partial charge in [-0.15, -0.1) is 0 Å². The van der Waals surface area contributed by atoms with Gasteiger partial charge in [0.2, 0.25) is 0 Å². The lowest BCUT2D eigenvalue weighted by Crippen LogP contribution is -2.63. The van der Waals surface area contributed by atoms with Crippen molar-refractivity contribution in [2.24, 2.45) is 0 Å². The first-order chi connectivity index (χ1) is 44.8. The zero-order valence-electron chi connectivity index (χ0n) is 57.0. The van der Waals surface area contributed by atoms with Crippen LogP contribution in [-0.4, -0.2) is 42.5 Å². The molecule has 4 aliphatic heterocycles. The van der Waals surface area contributed by atoms with Gasteiger partial charge in [-0.2, -0.15) is 0 Å². The van der Waals surface area contributed by atoms with Crippen LogP contribution in [0, 0.1) is 0 Å². The quantitative estimate of drug-likeness (QED) is 0.154. The summed E-state index contributed by atoms with van der Waals surface area (Å²) >= 11 is 0. The number of rotatable bonds is 6. The number of nitrogens with zero attached hydrogens (tertiary/aromatic N) is 6. The monoisotopic (exact) mass is 1220 g/mol. The Morgan fingerprint density at radius 3 is 0.947 bits per heavy atom. The van der Waals surface area contributed by atoms with Gasteiger partial charge in [0.25, 0.3) is 13.4 Å². The molecular formula is C84H78B2N6O2. The molecule has 13 aromatic rings. The molecule has 0 unspecified atom stereocenters. The molecule has 0 atom stereocenters. The summed E-state index contributed by atoms with van der Waals surface area (Å²) < 4.78 is 20.7. The van der Waals surface area contributed by atoms with E-state index in [-0.39, 0.29) is 46.9 Å². The Balaban J connectivity index is 1.02. The van der Waals surface area contributed by atoms with Crippen molar-refractivity contribution in [2.45, 2.75) is 144 Å². The van der Waals surface area contributed by atoms with Crippen LogP contribution in [0.1, 0.15) is 156 Å². The second kappa shape index (κ2) is 20.0. The highest BCUT2D eigenvalue weighted by atomic mass is 16.5. The molecule has 94 heavy (non-hydrogen) atoms. The maximum atomic E-state index is 7.92. The van der Waals surface area contributed by atoms with Crippen molar-refractivity contribution in [3.8, 4) is 79.4 Å². The smallest absolute Gasteiger partial charge is 0.256 e. The van der Waals surface area contributed by atoms with Crippen molar-refractivity contribution >= 4 is 90.3 Å². The molecule has 0 aliphatic carbocycles. The van der Waals surface area contributed by atoms with Crippen LogP contribution in [0.4, 0.5) is 0 Å². The average molecular weight is 1230 g/mol. The topological polar surface area (TPSA) is 79.9 Å². The molecule has 10 heterocycles. The number of aromatic nitrogens is 6. The molecule has 0 fully saturated rings. The van der Waals surface area contributed by atoms with Gasteiger partial charge in [0.05, 0.1) is 56.2 Å². The zero-order valence-corrected chi connectivity index (χ0v) is 57.0. The molecule has 7 aromatic carbocycles. The van der Waals surface area contributed by atoms with Crippen LogP contribution in [0.3, 0.4) is 0 Å². The maximum Gasteiger partial charge on any atom is 0.256 e. The number of hydrogen-bond acceptors (Lipinski definition) is 6. The first kappa shape index (κ1) is 58.3. The van der Waals surface area contributed by atoms with E-state index in [4.69, 9.17) is 29.4 Å². The molecule has 0 N–H and O–H groups in total. The van der Waals surface area contributed by atoms with E-state index >= 15 is 0 Å². The van der Waals surface area contributed by atoms with E-state index in [0.29, 0.717) is 0 Å². The Morgan fingerprint density at radius 2 is 0.638 bits per heavy atom. The minimum atomic E-state index is -0.323. The number of pyridine rings is 4. The van der Waals surface area contributed by atoms with Crippen molar-refractivity contribution in [3.63, 3.8) is 0 Å². The van der Waals surface area contributed by atoms with E-state index in [2.05, 4.69) is 290 Å². The van der Waals surface area contributed by atoms with Gasteiger partial charge in [-0.1, -0.05) is 232 Å². The van der Waals surface area contributed by atoms with Crippen LogP contribution in [0.5, 0.6) is 23.0 Å². The molecule has 8 nitrogen and oxygen atoms in total. The molecule has 10 heteroatoms. The van der Waals surface area contributed by atoms with Crippen molar-refractivity contribution < 1.29 is 9.47 Å². The predicted octanol–water partition coefficient (Wildman–Crippen LogP) is 17.4. The number of ether oxygens (including phenoxy) is 2. The molecule has 0 amide bonds. The summed E-state index contributed by atoms with van der Waals surface area (Å²) in [7, 11) is 0. The Morgan fingerprint density at radius 1 is 0.330 bits per heavy atom. The van der Waals surface area contributed by atoms with Crippen LogP contribution < -0.4 is 42.3 Å². The van der Waals surface area contributed by atoms with Crippen molar-refractivity contribution in [1.29, 1.82) is 0 Å². The van der Waals surface area contributed by atoms with Crippen molar-refractivity contribution in [2.75, 3.05) is 0 Å². The molecule has 0 saturated heterocycles. The van der Waals surface area contributed by atoms with Gasteiger partial charge in [0, 0.05) is 33.2 Å². The van der Waals surface area contributed by atoms with Crippen LogP contribution in [0.15, 0.2) is 170 Å². The number of hydrogen-bond donors (Lipinski definition) is 0. The summed E-state index contributed by atoms with van der Waals surface area (Å²) in [6, 6.07) is 63.5. The van der Waals surface area contributed by atoms with Crippen molar-refractivity contribution in [1.82, 2.24) is 29.1 Å². The SMILES string of the molecule is CC(C)c1ccc2c(c1)B1c3c(c4c5c(c3-n3c6ccc(-c7ccc(C(C)(C)C)cc7)nc6c6nc(-c7ccc(C(C)(C)C)cc7)cc1c63)Oc1ccc(C(C)C)cc1B5c1cc(-c3ccc(C(C)(C)C)cc3)nc3c5nc(-c6ccc(C(C)(C)C)cc6)ccc5n-4c13)O2. The highest BCUT2D eigenvalue weighted by Gasteiger charge is 2.51. The van der Waals surface area contributed by atoms with Crippen LogP contribution in [-0.2, 0) is 21.7 Å². The summed E-state index contributed by atoms with van der Waals surface area (Å²) in [6.45, 7) is 35.7. The third-order valence-corrected chi connectivity index (χ3v) is 20.9. The first-order valence-corrected chi connectivity index (χ1v) is 33.8. The highest BCUT2D eigenvalue weighted by molar-refractivity contribution is 7.02. The van der Waals surface area contributed by atoms with E-state index in [0.717, 1.165) is 156 Å². The largest absolute Gasteiger partial charge is 0.456 e. The predicted molar refractivity (Wildman–Crippen MR) is 393 cm³/mol. The molecule has 17 rings (SSSR count). The third kappa shape index (κ3) is 8.73. The van der Waals surface area contributed by atoms with E-state index in [1.165, 1.54) is 33.4 Å². The molecule has 462 valence electrons. The van der Waals surface area contributed by atoms with Crippen LogP contribution >= 0.6 is 0 Å². The second-order valence-electron chi connectivity index (χ2n) is 31.9. The summed E-state index contributed by atoms with van der Waals surface area (Å²) in [5, 5.41) is 0. The summed E-state index contributed by atoms with van der Waals surface area (Å²) in [5.41, 5.74) is 31.1. The molecule has 4 aliphatic rings. The van der Waals surface area contributed by atoms with Gasteiger partial charge in [-0.25, -0.2) is 19.9 Å². The Bertz CT molecular complexity index is 5060. The van der Waals surface area contributed by atoms with Crippen molar-refractivity contribution in [3.05, 3.63) is 203 Å². The molecule has 6 aromatic heterocycles. The lowest BCUT2D eigenvalue weighted by atomic mass is 9.31. The van der Waals surface area contributed by atoms with Crippen LogP contribution in [0.25, 0.3) is 101 Å². The number of benzene rings is 7. The minimum Gasteiger partial charge on any atom is -0.456 e. The Kier molecular flexibility index (Phi) is 12.4. The van der Waals surface area contributed by atoms with Gasteiger partial charge in [-0.3, -0.25) is 0 Å². The second-order valence-corrected chi connectivity index (χ2v) is 31.9. The molecule has 0 spiro atoms. The standard InChI is InChI=1S/C84H78B2N6O2/c1-45(2)51-25-39-67-57(41-51)85-59-43-63(49-21-31-55(32-22-49)83(11,12)13)89-73-71-65(37-35-61(87-71)47-17-27-53(28-18-47)81(5,6)7)91(75(59)73)77-69(85)79(93-67)78-70-80(77)94-68-40-26-52(46(3)4)42-58(68)86(70)60-44-64(50-23-33-56(34-24-50)84(14,15)16)90-74-72-66(92(78)76(60)74)38-36-62(88-72)48-19-29-54(30-20-48)82(8,9)10/h17-46H,1-16H3. The van der Waals surface area contributed by atoms with Gasteiger partial charge >= 0.3 is 0 Å². The Hall–Kier alpha value is -9.53. The fourth-order valence-corrected chi connectivity index (χ4v) is 15.4. The van der Waals surface area contributed by atoms with E-state index in [1.54, 1.807) is 0 Å². The fraction of sp³-hybridized carbons (Fsp3) is 0.262. The summed E-state index contributed by atoms with van der Waals surface area (Å²) in [4.78, 5) is 23.2. The van der Waals surface area contributed by atoms with E-state index in [1.807, 2.05) is 0 Å². The molecule has 0 radical (unpaired) electrons. The normalized spacial score (nSPS) is 13.9.